The Morgan fingerprint density at radius 2 is 1.43 bits per heavy atom. The van der Waals surface area contributed by atoms with E-state index in [2.05, 4.69) is 0 Å². The van der Waals surface area contributed by atoms with Gasteiger partial charge in [0.15, 0.2) is 0 Å². The monoisotopic (exact) mass is 336 g/mol. The van der Waals surface area contributed by atoms with E-state index in [1.807, 2.05) is 42.5 Å². The quantitative estimate of drug-likeness (QED) is 0.611. The minimum Gasteiger partial charge on any atom is -0.392 e. The molecule has 3 rings (SSSR count). The lowest BCUT2D eigenvalue weighted by Crippen LogP contribution is -1.90. The van der Waals surface area contributed by atoms with Crippen molar-refractivity contribution < 1.29 is 5.11 Å². The van der Waals surface area contributed by atoms with Gasteiger partial charge in [0.05, 0.1) is 6.61 Å². The molecule has 0 saturated carbocycles. The van der Waals surface area contributed by atoms with Crippen molar-refractivity contribution in [1.29, 1.82) is 0 Å². The molecular weight excluding hydrogens is 327 g/mol. The first-order valence-electron chi connectivity index (χ1n) is 6.37. The number of aliphatic hydroxyl groups is 1. The van der Waals surface area contributed by atoms with Crippen LogP contribution in [-0.4, -0.2) is 5.11 Å². The summed E-state index contributed by atoms with van der Waals surface area (Å²) >= 11 is 18.3. The van der Waals surface area contributed by atoms with E-state index < -0.39 is 0 Å². The molecular formula is C17H11Cl3O. The van der Waals surface area contributed by atoms with Gasteiger partial charge in [-0.15, -0.1) is 0 Å². The lowest BCUT2D eigenvalue weighted by Gasteiger charge is -2.11. The van der Waals surface area contributed by atoms with E-state index in [0.717, 1.165) is 27.5 Å². The molecule has 0 aliphatic heterocycles. The molecule has 0 spiro atoms. The molecule has 1 N–H and O–H groups in total. The molecule has 21 heavy (non-hydrogen) atoms. The molecule has 3 aromatic carbocycles. The van der Waals surface area contributed by atoms with Crippen LogP contribution in [0.3, 0.4) is 0 Å². The topological polar surface area (TPSA) is 20.2 Å². The minimum absolute atomic E-state index is 0.0748. The molecule has 106 valence electrons. The van der Waals surface area contributed by atoms with Crippen molar-refractivity contribution in [2.75, 3.05) is 0 Å². The molecule has 1 nitrogen and oxygen atoms in total. The highest BCUT2D eigenvalue weighted by Gasteiger charge is 2.09. The third-order valence-corrected chi connectivity index (χ3v) is 4.20. The molecule has 0 heterocycles. The fraction of sp³-hybridized carbons (Fsp3) is 0.0588. The van der Waals surface area contributed by atoms with Gasteiger partial charge in [-0.25, -0.2) is 0 Å². The van der Waals surface area contributed by atoms with Crippen molar-refractivity contribution in [3.8, 4) is 11.1 Å². The molecule has 0 fully saturated rings. The normalized spacial score (nSPS) is 11.0. The zero-order valence-corrected chi connectivity index (χ0v) is 13.2. The van der Waals surface area contributed by atoms with Crippen molar-refractivity contribution in [2.24, 2.45) is 0 Å². The average molecular weight is 338 g/mol. The Labute approximate surface area is 137 Å². The second-order valence-corrected chi connectivity index (χ2v) is 6.06. The van der Waals surface area contributed by atoms with Gasteiger partial charge in [0, 0.05) is 20.5 Å². The molecule has 4 heteroatoms. The first-order valence-corrected chi connectivity index (χ1v) is 7.50. The van der Waals surface area contributed by atoms with Gasteiger partial charge in [0.2, 0.25) is 0 Å². The number of rotatable bonds is 2. The average Bonchev–Trinajstić information content (AvgIpc) is 2.47. The fourth-order valence-corrected chi connectivity index (χ4v) is 3.07. The van der Waals surface area contributed by atoms with E-state index in [-0.39, 0.29) is 6.61 Å². The van der Waals surface area contributed by atoms with Gasteiger partial charge >= 0.3 is 0 Å². The first kappa shape index (κ1) is 14.7. The summed E-state index contributed by atoms with van der Waals surface area (Å²) in [5.74, 6) is 0. The van der Waals surface area contributed by atoms with Gasteiger partial charge in [0.1, 0.15) is 0 Å². The predicted molar refractivity (Wildman–Crippen MR) is 90.3 cm³/mol. The summed E-state index contributed by atoms with van der Waals surface area (Å²) in [6.07, 6.45) is 0. The number of aliphatic hydroxyl groups excluding tert-OH is 1. The van der Waals surface area contributed by atoms with Gasteiger partial charge in [-0.05, 0) is 58.5 Å². The molecule has 0 aliphatic rings. The highest BCUT2D eigenvalue weighted by Crippen LogP contribution is 2.34. The summed E-state index contributed by atoms with van der Waals surface area (Å²) in [4.78, 5) is 0. The first-order chi connectivity index (χ1) is 10.1. The molecule has 0 bridgehead atoms. The number of halogens is 3. The van der Waals surface area contributed by atoms with Crippen molar-refractivity contribution in [1.82, 2.24) is 0 Å². The minimum atomic E-state index is -0.0748. The largest absolute Gasteiger partial charge is 0.392 e. The lowest BCUT2D eigenvalue weighted by atomic mass is 9.97. The maximum atomic E-state index is 9.63. The van der Waals surface area contributed by atoms with Crippen LogP contribution in [0, 0.1) is 0 Å². The van der Waals surface area contributed by atoms with E-state index in [1.54, 1.807) is 6.07 Å². The predicted octanol–water partition coefficient (Wildman–Crippen LogP) is 5.96. The molecule has 0 saturated heterocycles. The number of fused-ring (bicyclic) bond motifs is 1. The Bertz CT molecular complexity index is 810. The molecule has 0 atom stereocenters. The van der Waals surface area contributed by atoms with E-state index in [9.17, 15) is 5.11 Å². The number of benzene rings is 3. The lowest BCUT2D eigenvalue weighted by molar-refractivity contribution is 0.283. The Hall–Kier alpha value is -1.25. The summed E-state index contributed by atoms with van der Waals surface area (Å²) in [5, 5.41) is 13.2. The van der Waals surface area contributed by atoms with Crippen molar-refractivity contribution >= 4 is 45.6 Å². The van der Waals surface area contributed by atoms with Crippen LogP contribution in [0.1, 0.15) is 5.56 Å². The van der Waals surface area contributed by atoms with Crippen LogP contribution in [0.25, 0.3) is 21.9 Å². The molecule has 0 radical (unpaired) electrons. The zero-order valence-electron chi connectivity index (χ0n) is 10.9. The van der Waals surface area contributed by atoms with Gasteiger partial charge < -0.3 is 5.11 Å². The Kier molecular flexibility index (Phi) is 4.10. The smallest absolute Gasteiger partial charge is 0.0688 e. The van der Waals surface area contributed by atoms with Crippen LogP contribution in [0.4, 0.5) is 0 Å². The summed E-state index contributed by atoms with van der Waals surface area (Å²) in [7, 11) is 0. The van der Waals surface area contributed by atoms with Gasteiger partial charge in [-0.1, -0.05) is 46.9 Å². The SMILES string of the molecule is OCc1cc(-c2ccc(Cl)cc2)cc2c(Cl)cc(Cl)cc12. The van der Waals surface area contributed by atoms with Crippen LogP contribution in [0.15, 0.2) is 48.5 Å². The number of hydrogen-bond acceptors (Lipinski definition) is 1. The maximum absolute atomic E-state index is 9.63. The van der Waals surface area contributed by atoms with E-state index in [0.29, 0.717) is 15.1 Å². The molecule has 3 aromatic rings. The van der Waals surface area contributed by atoms with Crippen molar-refractivity contribution in [3.05, 3.63) is 69.2 Å². The third kappa shape index (κ3) is 2.88. The highest BCUT2D eigenvalue weighted by atomic mass is 35.5. The van der Waals surface area contributed by atoms with Crippen LogP contribution in [0.5, 0.6) is 0 Å². The highest BCUT2D eigenvalue weighted by molar-refractivity contribution is 6.39. The summed E-state index contributed by atoms with van der Waals surface area (Å²) in [5.41, 5.74) is 2.79. The second kappa shape index (κ2) is 5.86. The van der Waals surface area contributed by atoms with Gasteiger partial charge in [-0.3, -0.25) is 0 Å². The maximum Gasteiger partial charge on any atom is 0.0688 e. The molecule has 0 aromatic heterocycles. The standard InChI is InChI=1S/C17H11Cl3O/c18-13-3-1-10(2-4-13)11-5-12(9-21)15-7-14(19)8-17(20)16(15)6-11/h1-8,21H,9H2. The van der Waals surface area contributed by atoms with Crippen LogP contribution in [0.2, 0.25) is 15.1 Å². The molecule has 0 amide bonds. The summed E-state index contributed by atoms with van der Waals surface area (Å²) < 4.78 is 0. The summed E-state index contributed by atoms with van der Waals surface area (Å²) in [6.45, 7) is -0.0748. The Morgan fingerprint density at radius 1 is 0.714 bits per heavy atom. The molecule has 0 unspecified atom stereocenters. The van der Waals surface area contributed by atoms with Crippen LogP contribution in [-0.2, 0) is 6.61 Å². The molecule has 0 aliphatic carbocycles. The third-order valence-electron chi connectivity index (χ3n) is 3.42. The Balaban J connectivity index is 2.28. The van der Waals surface area contributed by atoms with E-state index in [4.69, 9.17) is 34.8 Å². The zero-order chi connectivity index (χ0) is 15.0. The summed E-state index contributed by atoms with van der Waals surface area (Å²) in [6, 6.07) is 15.0. The van der Waals surface area contributed by atoms with Crippen molar-refractivity contribution in [2.45, 2.75) is 6.61 Å². The van der Waals surface area contributed by atoms with E-state index >= 15 is 0 Å². The second-order valence-electron chi connectivity index (χ2n) is 4.78. The number of hydrogen-bond donors (Lipinski definition) is 1. The van der Waals surface area contributed by atoms with Crippen LogP contribution < -0.4 is 0 Å². The van der Waals surface area contributed by atoms with Crippen molar-refractivity contribution in [3.63, 3.8) is 0 Å². The Morgan fingerprint density at radius 3 is 2.10 bits per heavy atom. The van der Waals surface area contributed by atoms with E-state index in [1.165, 1.54) is 0 Å². The van der Waals surface area contributed by atoms with Crippen LogP contribution >= 0.6 is 34.8 Å². The fourth-order valence-electron chi connectivity index (χ4n) is 2.40. The van der Waals surface area contributed by atoms with Gasteiger partial charge in [-0.2, -0.15) is 0 Å². The van der Waals surface area contributed by atoms with Gasteiger partial charge in [0.25, 0.3) is 0 Å².